The number of hydrogen-bond acceptors (Lipinski definition) is 1. The third-order valence-electron chi connectivity index (χ3n) is 5.76. The van der Waals surface area contributed by atoms with Crippen molar-refractivity contribution in [1.82, 2.24) is 0 Å². The van der Waals surface area contributed by atoms with Gasteiger partial charge in [0, 0.05) is 0 Å². The molecule has 0 aliphatic heterocycles. The molecule has 0 N–H and O–H groups in total. The topological polar surface area (TPSA) is 9.23 Å². The Bertz CT molecular complexity index is 422. The molecule has 0 spiro atoms. The SMILES string of the molecule is CCCCCCCCCCCCOc1ccc(CCCCCCCCC)cc1. The summed E-state index contributed by atoms with van der Waals surface area (Å²) < 4.78 is 5.91. The largest absolute Gasteiger partial charge is 0.494 e. The molecule has 0 atom stereocenters. The van der Waals surface area contributed by atoms with Crippen LogP contribution in [-0.2, 0) is 6.42 Å². The number of rotatable bonds is 20. The summed E-state index contributed by atoms with van der Waals surface area (Å²) in [5.41, 5.74) is 1.46. The maximum absolute atomic E-state index is 5.91. The molecule has 1 heteroatoms. The average molecular weight is 389 g/mol. The van der Waals surface area contributed by atoms with Gasteiger partial charge in [0.2, 0.25) is 0 Å². The second-order valence-corrected chi connectivity index (χ2v) is 8.55. The number of unbranched alkanes of at least 4 members (excludes halogenated alkanes) is 15. The van der Waals surface area contributed by atoms with E-state index >= 15 is 0 Å². The van der Waals surface area contributed by atoms with Crippen LogP contribution < -0.4 is 4.74 Å². The number of aryl methyl sites for hydroxylation is 1. The molecule has 1 nitrogen and oxygen atoms in total. The van der Waals surface area contributed by atoms with Crippen molar-refractivity contribution in [3.05, 3.63) is 29.8 Å². The first-order valence-electron chi connectivity index (χ1n) is 12.6. The van der Waals surface area contributed by atoms with E-state index in [4.69, 9.17) is 4.74 Å². The quantitative estimate of drug-likeness (QED) is 0.202. The summed E-state index contributed by atoms with van der Waals surface area (Å²) in [5.74, 6) is 1.04. The second kappa shape index (κ2) is 19.3. The molecule has 0 aliphatic rings. The Morgan fingerprint density at radius 2 is 0.929 bits per heavy atom. The fraction of sp³-hybridized carbons (Fsp3) is 0.778. The van der Waals surface area contributed by atoms with Gasteiger partial charge in [0.15, 0.2) is 0 Å². The molecule has 1 rings (SSSR count). The van der Waals surface area contributed by atoms with Crippen LogP contribution in [0.4, 0.5) is 0 Å². The minimum Gasteiger partial charge on any atom is -0.494 e. The standard InChI is InChI=1S/C27H48O/c1-3-5-7-9-11-12-13-15-17-19-25-28-27-23-21-26(22-24-27)20-18-16-14-10-8-6-4-2/h21-24H,3-20,25H2,1-2H3. The Hall–Kier alpha value is -0.980. The van der Waals surface area contributed by atoms with Crippen molar-refractivity contribution in [2.75, 3.05) is 6.61 Å². The molecule has 0 unspecified atom stereocenters. The Kier molecular flexibility index (Phi) is 17.3. The van der Waals surface area contributed by atoms with Crippen LogP contribution in [0.25, 0.3) is 0 Å². The highest BCUT2D eigenvalue weighted by Gasteiger charge is 1.98. The van der Waals surface area contributed by atoms with Crippen molar-refractivity contribution >= 4 is 0 Å². The smallest absolute Gasteiger partial charge is 0.119 e. The Morgan fingerprint density at radius 3 is 1.43 bits per heavy atom. The minimum absolute atomic E-state index is 0.869. The van der Waals surface area contributed by atoms with E-state index in [-0.39, 0.29) is 0 Å². The van der Waals surface area contributed by atoms with E-state index in [1.807, 2.05) is 0 Å². The summed E-state index contributed by atoms with van der Waals surface area (Å²) in [4.78, 5) is 0. The van der Waals surface area contributed by atoms with E-state index < -0.39 is 0 Å². The summed E-state index contributed by atoms with van der Waals surface area (Å²) in [6.45, 7) is 5.44. The molecule has 0 aromatic heterocycles. The lowest BCUT2D eigenvalue weighted by Crippen LogP contribution is -1.97. The van der Waals surface area contributed by atoms with Crippen molar-refractivity contribution < 1.29 is 4.74 Å². The summed E-state index contributed by atoms with van der Waals surface area (Å²) in [6, 6.07) is 8.83. The van der Waals surface area contributed by atoms with Gasteiger partial charge in [-0.25, -0.2) is 0 Å². The Labute approximate surface area is 176 Å². The van der Waals surface area contributed by atoms with E-state index in [0.717, 1.165) is 12.4 Å². The summed E-state index contributed by atoms with van der Waals surface area (Å²) in [7, 11) is 0. The van der Waals surface area contributed by atoms with Gasteiger partial charge in [-0.05, 0) is 37.0 Å². The number of ether oxygens (including phenoxy) is 1. The van der Waals surface area contributed by atoms with Crippen LogP contribution in [-0.4, -0.2) is 6.61 Å². The van der Waals surface area contributed by atoms with Crippen LogP contribution in [0.2, 0.25) is 0 Å². The molecule has 0 bridgehead atoms. The van der Waals surface area contributed by atoms with Gasteiger partial charge in [-0.2, -0.15) is 0 Å². The maximum atomic E-state index is 5.91. The molecule has 0 saturated heterocycles. The van der Waals surface area contributed by atoms with Gasteiger partial charge in [-0.1, -0.05) is 122 Å². The number of benzene rings is 1. The fourth-order valence-corrected chi connectivity index (χ4v) is 3.82. The lowest BCUT2D eigenvalue weighted by Gasteiger charge is -2.08. The molecular formula is C27H48O. The summed E-state index contributed by atoms with van der Waals surface area (Å²) in [5, 5.41) is 0. The fourth-order valence-electron chi connectivity index (χ4n) is 3.82. The second-order valence-electron chi connectivity index (χ2n) is 8.55. The molecule has 0 amide bonds. The van der Waals surface area contributed by atoms with Crippen LogP contribution in [0, 0.1) is 0 Å². The molecule has 0 fully saturated rings. The molecule has 0 heterocycles. The zero-order valence-corrected chi connectivity index (χ0v) is 19.2. The molecule has 0 saturated carbocycles. The predicted octanol–water partition coefficient (Wildman–Crippen LogP) is 9.28. The molecule has 1 aromatic carbocycles. The summed E-state index contributed by atoms with van der Waals surface area (Å²) >= 11 is 0. The highest BCUT2D eigenvalue weighted by Crippen LogP contribution is 2.16. The van der Waals surface area contributed by atoms with Crippen LogP contribution in [0.3, 0.4) is 0 Å². The maximum Gasteiger partial charge on any atom is 0.119 e. The highest BCUT2D eigenvalue weighted by atomic mass is 16.5. The van der Waals surface area contributed by atoms with Gasteiger partial charge >= 0.3 is 0 Å². The minimum atomic E-state index is 0.869. The third-order valence-corrected chi connectivity index (χ3v) is 5.76. The normalized spacial score (nSPS) is 11.1. The van der Waals surface area contributed by atoms with Crippen molar-refractivity contribution in [3.63, 3.8) is 0 Å². The highest BCUT2D eigenvalue weighted by molar-refractivity contribution is 5.27. The van der Waals surface area contributed by atoms with Crippen molar-refractivity contribution in [2.24, 2.45) is 0 Å². The van der Waals surface area contributed by atoms with E-state index in [0.29, 0.717) is 0 Å². The van der Waals surface area contributed by atoms with E-state index in [9.17, 15) is 0 Å². The zero-order valence-electron chi connectivity index (χ0n) is 19.2. The van der Waals surface area contributed by atoms with Gasteiger partial charge in [0.05, 0.1) is 6.61 Å². The van der Waals surface area contributed by atoms with Crippen LogP contribution in [0.15, 0.2) is 24.3 Å². The monoisotopic (exact) mass is 388 g/mol. The molecule has 28 heavy (non-hydrogen) atoms. The molecule has 0 radical (unpaired) electrons. The van der Waals surface area contributed by atoms with Crippen molar-refractivity contribution in [1.29, 1.82) is 0 Å². The zero-order chi connectivity index (χ0) is 20.1. The molecule has 1 aromatic rings. The molecular weight excluding hydrogens is 340 g/mol. The van der Waals surface area contributed by atoms with Gasteiger partial charge in [0.25, 0.3) is 0 Å². The van der Waals surface area contributed by atoms with E-state index in [1.54, 1.807) is 0 Å². The first-order valence-corrected chi connectivity index (χ1v) is 12.6. The first kappa shape index (κ1) is 25.1. The summed E-state index contributed by atoms with van der Waals surface area (Å²) in [6.07, 6.45) is 24.7. The van der Waals surface area contributed by atoms with Gasteiger partial charge in [-0.3, -0.25) is 0 Å². The van der Waals surface area contributed by atoms with Gasteiger partial charge in [0.1, 0.15) is 5.75 Å². The third kappa shape index (κ3) is 15.0. The van der Waals surface area contributed by atoms with Crippen LogP contribution in [0.5, 0.6) is 5.75 Å². The van der Waals surface area contributed by atoms with Crippen LogP contribution >= 0.6 is 0 Å². The number of hydrogen-bond donors (Lipinski definition) is 0. The molecule has 162 valence electrons. The first-order chi connectivity index (χ1) is 13.9. The van der Waals surface area contributed by atoms with Gasteiger partial charge in [-0.15, -0.1) is 0 Å². The van der Waals surface area contributed by atoms with Crippen LogP contribution in [0.1, 0.15) is 129 Å². The van der Waals surface area contributed by atoms with E-state index in [1.165, 1.54) is 121 Å². The molecule has 0 aliphatic carbocycles. The average Bonchev–Trinajstić information content (AvgIpc) is 2.72. The lowest BCUT2D eigenvalue weighted by molar-refractivity contribution is 0.304. The predicted molar refractivity (Wildman–Crippen MR) is 125 cm³/mol. The van der Waals surface area contributed by atoms with Gasteiger partial charge < -0.3 is 4.74 Å². The Balaban J connectivity index is 1.93. The lowest BCUT2D eigenvalue weighted by atomic mass is 10.0. The van der Waals surface area contributed by atoms with Crippen molar-refractivity contribution in [2.45, 2.75) is 129 Å². The van der Waals surface area contributed by atoms with E-state index in [2.05, 4.69) is 38.1 Å². The van der Waals surface area contributed by atoms with Crippen molar-refractivity contribution in [3.8, 4) is 5.75 Å². The Morgan fingerprint density at radius 1 is 0.500 bits per heavy atom.